The third kappa shape index (κ3) is 7.04. The average molecular weight is 547 g/mol. The number of H-pyrrole nitrogens is 1. The number of aliphatic hydroxyl groups excluding tert-OH is 2. The molecule has 4 N–H and O–H groups in total. The van der Waals surface area contributed by atoms with Crippen LogP contribution in [-0.4, -0.2) is 57.2 Å². The van der Waals surface area contributed by atoms with E-state index in [1.807, 2.05) is 11.1 Å². The number of ether oxygens (including phenoxy) is 2. The van der Waals surface area contributed by atoms with Gasteiger partial charge in [0.15, 0.2) is 6.23 Å². The lowest BCUT2D eigenvalue weighted by Crippen LogP contribution is -2.37. The van der Waals surface area contributed by atoms with Crippen LogP contribution in [0.15, 0.2) is 82.5 Å². The van der Waals surface area contributed by atoms with Gasteiger partial charge in [0.05, 0.1) is 6.61 Å². The van der Waals surface area contributed by atoms with E-state index < -0.39 is 62.7 Å². The quantitative estimate of drug-likeness (QED) is 0.196. The number of hydrogen-bond acceptors (Lipinski definition) is 10. The molecule has 0 amide bonds. The Morgan fingerprint density at radius 2 is 1.71 bits per heavy atom. The van der Waals surface area contributed by atoms with Crippen molar-refractivity contribution in [1.29, 1.82) is 0 Å². The van der Waals surface area contributed by atoms with Crippen molar-refractivity contribution >= 4 is 13.7 Å². The van der Waals surface area contributed by atoms with E-state index in [2.05, 4.69) is 5.09 Å². The van der Waals surface area contributed by atoms with Gasteiger partial charge in [-0.1, -0.05) is 48.5 Å². The van der Waals surface area contributed by atoms with Gasteiger partial charge in [-0.2, -0.15) is 0 Å². The molecule has 2 aromatic carbocycles. The van der Waals surface area contributed by atoms with Crippen LogP contribution in [0.25, 0.3) is 0 Å². The molecule has 5 atom stereocenters. The maximum atomic E-state index is 13.5. The number of nitrogens with zero attached hydrogens (tertiary/aromatic N) is 1. The molecule has 0 saturated carbocycles. The number of carbonyl (C=O) groups excluding carboxylic acids is 1. The Labute approximate surface area is 216 Å². The highest BCUT2D eigenvalue weighted by Crippen LogP contribution is 2.45. The van der Waals surface area contributed by atoms with Gasteiger partial charge in [0, 0.05) is 12.3 Å². The van der Waals surface area contributed by atoms with Crippen molar-refractivity contribution in [2.75, 3.05) is 13.2 Å². The van der Waals surface area contributed by atoms with Gasteiger partial charge in [0.25, 0.3) is 5.56 Å². The second-order valence-electron chi connectivity index (χ2n) is 8.24. The molecule has 14 heteroatoms. The number of aromatic nitrogens is 2. The molecule has 38 heavy (non-hydrogen) atoms. The first-order chi connectivity index (χ1) is 18.2. The molecule has 4 rings (SSSR count). The molecule has 1 saturated heterocycles. The first kappa shape index (κ1) is 27.5. The summed E-state index contributed by atoms with van der Waals surface area (Å²) in [5.74, 6) is -0.550. The van der Waals surface area contributed by atoms with Crippen molar-refractivity contribution in [1.82, 2.24) is 14.6 Å². The molecule has 13 nitrogen and oxygen atoms in total. The molecule has 1 aliphatic rings. The summed E-state index contributed by atoms with van der Waals surface area (Å²) in [5.41, 5.74) is -0.737. The second-order valence-corrected chi connectivity index (χ2v) is 9.99. The SMILES string of the molecule is O=C(CNP(=O)(OC[C@H]1O[C@@H](n2ccc(=O)[nH]c2=O)[C@@H](O)[C@@H]1O)Oc1ccccc1)OCc1ccccc1. The van der Waals surface area contributed by atoms with E-state index in [0.717, 1.165) is 22.4 Å². The minimum atomic E-state index is -4.24. The van der Waals surface area contributed by atoms with Crippen molar-refractivity contribution in [3.05, 3.63) is 99.3 Å². The van der Waals surface area contributed by atoms with E-state index in [1.54, 1.807) is 42.5 Å². The Kier molecular flexibility index (Phi) is 8.89. The molecule has 3 aromatic rings. The van der Waals surface area contributed by atoms with Gasteiger partial charge in [-0.15, -0.1) is 0 Å². The molecule has 0 aliphatic carbocycles. The van der Waals surface area contributed by atoms with Gasteiger partial charge >= 0.3 is 19.4 Å². The third-order valence-electron chi connectivity index (χ3n) is 5.50. The third-order valence-corrected chi connectivity index (χ3v) is 6.99. The fraction of sp³-hybridized carbons (Fsp3) is 0.292. The molecule has 1 unspecified atom stereocenters. The highest BCUT2D eigenvalue weighted by atomic mass is 31.2. The van der Waals surface area contributed by atoms with Crippen molar-refractivity contribution in [2.24, 2.45) is 0 Å². The normalized spacial score (nSPS) is 22.5. The summed E-state index contributed by atoms with van der Waals surface area (Å²) in [5, 5.41) is 23.3. The minimum Gasteiger partial charge on any atom is -0.460 e. The van der Waals surface area contributed by atoms with Gasteiger partial charge in [-0.3, -0.25) is 23.7 Å². The van der Waals surface area contributed by atoms with E-state index in [-0.39, 0.29) is 12.4 Å². The van der Waals surface area contributed by atoms with Crippen LogP contribution in [0.1, 0.15) is 11.8 Å². The predicted octanol–water partition coefficient (Wildman–Crippen LogP) is 0.693. The molecule has 0 spiro atoms. The number of para-hydroxylation sites is 1. The lowest BCUT2D eigenvalue weighted by atomic mass is 10.1. The van der Waals surface area contributed by atoms with Crippen molar-refractivity contribution in [2.45, 2.75) is 31.1 Å². The number of aliphatic hydroxyl groups is 2. The summed E-state index contributed by atoms with van der Waals surface area (Å²) in [6.07, 6.45) is -4.59. The summed E-state index contributed by atoms with van der Waals surface area (Å²) < 4.78 is 36.1. The van der Waals surface area contributed by atoms with Crippen LogP contribution >= 0.6 is 7.75 Å². The molecular formula is C24H26N3O10P. The highest BCUT2D eigenvalue weighted by Gasteiger charge is 2.45. The van der Waals surface area contributed by atoms with Crippen molar-refractivity contribution in [3.8, 4) is 5.75 Å². The molecule has 0 bridgehead atoms. The molecule has 1 aromatic heterocycles. The Morgan fingerprint density at radius 3 is 2.39 bits per heavy atom. The molecule has 2 heterocycles. The fourth-order valence-corrected chi connectivity index (χ4v) is 4.84. The van der Waals surface area contributed by atoms with E-state index in [4.69, 9.17) is 18.5 Å². The van der Waals surface area contributed by atoms with Crippen molar-refractivity contribution in [3.63, 3.8) is 0 Å². The molecular weight excluding hydrogens is 521 g/mol. The molecule has 0 radical (unpaired) electrons. The number of nitrogens with one attached hydrogen (secondary N) is 2. The van der Waals surface area contributed by atoms with E-state index >= 15 is 0 Å². The Balaban J connectivity index is 1.41. The maximum absolute atomic E-state index is 13.5. The smallest absolute Gasteiger partial charge is 0.459 e. The lowest BCUT2D eigenvalue weighted by molar-refractivity contribution is -0.143. The first-order valence-electron chi connectivity index (χ1n) is 11.5. The van der Waals surface area contributed by atoms with Gasteiger partial charge in [-0.25, -0.2) is 14.4 Å². The lowest BCUT2D eigenvalue weighted by Gasteiger charge is -2.22. The number of esters is 1. The largest absolute Gasteiger partial charge is 0.460 e. The number of hydrogen-bond donors (Lipinski definition) is 4. The summed E-state index contributed by atoms with van der Waals surface area (Å²) in [7, 11) is -4.24. The number of rotatable bonds is 11. The van der Waals surface area contributed by atoms with Gasteiger partial charge in [0.1, 0.15) is 37.2 Å². The predicted molar refractivity (Wildman–Crippen MR) is 132 cm³/mol. The van der Waals surface area contributed by atoms with Crippen LogP contribution in [0.5, 0.6) is 5.75 Å². The molecule has 1 aliphatic heterocycles. The summed E-state index contributed by atoms with van der Waals surface area (Å²) >= 11 is 0. The van der Waals surface area contributed by atoms with Crippen LogP contribution in [0.3, 0.4) is 0 Å². The fourth-order valence-electron chi connectivity index (χ4n) is 3.57. The minimum absolute atomic E-state index is 0.0115. The molecule has 1 fully saturated rings. The summed E-state index contributed by atoms with van der Waals surface area (Å²) in [6.45, 7) is -1.07. The summed E-state index contributed by atoms with van der Waals surface area (Å²) in [4.78, 5) is 37.7. The van der Waals surface area contributed by atoms with E-state index in [0.29, 0.717) is 0 Å². The maximum Gasteiger partial charge on any atom is 0.459 e. The standard InChI is InChI=1S/C24H26N3O10P/c28-19-11-12-27(24(32)26-19)23-22(31)21(30)18(36-23)15-35-38(33,37-17-9-5-2-6-10-17)25-13-20(29)34-14-16-7-3-1-4-8-16/h1-12,18,21-23,30-31H,13-15H2,(H,25,33)(H,26,28,32)/t18-,21-,22+,23-,38?/m1/s1. The molecule has 202 valence electrons. The zero-order valence-corrected chi connectivity index (χ0v) is 20.8. The second kappa shape index (κ2) is 12.3. The topological polar surface area (TPSA) is 178 Å². The Bertz CT molecular complexity index is 1380. The van der Waals surface area contributed by atoms with E-state index in [1.165, 1.54) is 12.1 Å². The van der Waals surface area contributed by atoms with Gasteiger partial charge in [0.2, 0.25) is 0 Å². The number of aromatic amines is 1. The van der Waals surface area contributed by atoms with Crippen LogP contribution in [0, 0.1) is 0 Å². The van der Waals surface area contributed by atoms with Crippen LogP contribution in [0.2, 0.25) is 0 Å². The summed E-state index contributed by atoms with van der Waals surface area (Å²) in [6, 6.07) is 18.1. The average Bonchev–Trinajstić information content (AvgIpc) is 3.19. The van der Waals surface area contributed by atoms with Crippen molar-refractivity contribution < 1.29 is 38.1 Å². The number of benzene rings is 2. The monoisotopic (exact) mass is 547 g/mol. The van der Waals surface area contributed by atoms with Crippen LogP contribution in [0.4, 0.5) is 0 Å². The number of carbonyl (C=O) groups is 1. The first-order valence-corrected chi connectivity index (χ1v) is 13.1. The highest BCUT2D eigenvalue weighted by molar-refractivity contribution is 7.52. The van der Waals surface area contributed by atoms with Crippen LogP contribution < -0.4 is 20.9 Å². The zero-order valence-electron chi connectivity index (χ0n) is 19.9. The van der Waals surface area contributed by atoms with Crippen LogP contribution in [-0.2, 0) is 30.0 Å². The van der Waals surface area contributed by atoms with Gasteiger partial charge in [-0.05, 0) is 17.7 Å². The Hall–Kier alpha value is -3.58. The zero-order chi connectivity index (χ0) is 27.1. The van der Waals surface area contributed by atoms with Gasteiger partial charge < -0.3 is 24.2 Å². The van der Waals surface area contributed by atoms with E-state index in [9.17, 15) is 29.2 Å². The Morgan fingerprint density at radius 1 is 1.03 bits per heavy atom.